The monoisotopic (exact) mass is 178 g/mol. The molecule has 0 spiro atoms. The lowest BCUT2D eigenvalue weighted by Crippen LogP contribution is -2.27. The summed E-state index contributed by atoms with van der Waals surface area (Å²) < 4.78 is 2.20. The van der Waals surface area contributed by atoms with E-state index in [9.17, 15) is 0 Å². The van der Waals surface area contributed by atoms with Gasteiger partial charge in [-0.3, -0.25) is 0 Å². The van der Waals surface area contributed by atoms with E-state index in [2.05, 4.69) is 29.9 Å². The van der Waals surface area contributed by atoms with Crippen molar-refractivity contribution in [3.63, 3.8) is 0 Å². The molecule has 1 aromatic rings. The van der Waals surface area contributed by atoms with Crippen LogP contribution in [0.3, 0.4) is 0 Å². The fraction of sp³-hybridized carbons (Fsp3) is 0.636. The molecule has 72 valence electrons. The summed E-state index contributed by atoms with van der Waals surface area (Å²) in [5, 5.41) is 0. The van der Waals surface area contributed by atoms with Crippen LogP contribution in [-0.2, 0) is 7.05 Å². The van der Waals surface area contributed by atoms with Crippen molar-refractivity contribution in [2.45, 2.75) is 25.2 Å². The standard InChI is InChI=1S/C11H18N2/c1-13-7-3-6-11(13)10(8-12)9-4-2-5-9/h3,6-7,9-10H,2,4-5,8,12H2,1H3. The molecule has 0 saturated heterocycles. The van der Waals surface area contributed by atoms with Gasteiger partial charge in [-0.15, -0.1) is 0 Å². The highest BCUT2D eigenvalue weighted by atomic mass is 14.9. The lowest BCUT2D eigenvalue weighted by molar-refractivity contribution is 0.258. The van der Waals surface area contributed by atoms with Crippen LogP contribution in [0.1, 0.15) is 30.9 Å². The van der Waals surface area contributed by atoms with Gasteiger partial charge in [0.2, 0.25) is 0 Å². The molecule has 0 bridgehead atoms. The summed E-state index contributed by atoms with van der Waals surface area (Å²) in [6.07, 6.45) is 6.24. The maximum absolute atomic E-state index is 5.83. The minimum Gasteiger partial charge on any atom is -0.354 e. The van der Waals surface area contributed by atoms with E-state index in [1.165, 1.54) is 25.0 Å². The topological polar surface area (TPSA) is 30.9 Å². The molecule has 1 aliphatic rings. The zero-order valence-electron chi connectivity index (χ0n) is 8.24. The van der Waals surface area contributed by atoms with Gasteiger partial charge < -0.3 is 10.3 Å². The van der Waals surface area contributed by atoms with Crippen LogP contribution < -0.4 is 5.73 Å². The van der Waals surface area contributed by atoms with Crippen molar-refractivity contribution in [3.8, 4) is 0 Å². The Morgan fingerprint density at radius 3 is 2.77 bits per heavy atom. The molecule has 1 saturated carbocycles. The number of rotatable bonds is 3. The van der Waals surface area contributed by atoms with E-state index in [-0.39, 0.29) is 0 Å². The molecule has 1 atom stereocenters. The quantitative estimate of drug-likeness (QED) is 0.752. The molecule has 2 heteroatoms. The SMILES string of the molecule is Cn1cccc1C(CN)C1CCC1. The van der Waals surface area contributed by atoms with Crippen molar-refractivity contribution >= 4 is 0 Å². The van der Waals surface area contributed by atoms with Gasteiger partial charge in [0.25, 0.3) is 0 Å². The first-order valence-electron chi connectivity index (χ1n) is 5.14. The van der Waals surface area contributed by atoms with Crippen molar-refractivity contribution in [1.82, 2.24) is 4.57 Å². The third kappa shape index (κ3) is 1.51. The van der Waals surface area contributed by atoms with Crippen molar-refractivity contribution in [2.75, 3.05) is 6.54 Å². The molecule has 2 nitrogen and oxygen atoms in total. The highest BCUT2D eigenvalue weighted by molar-refractivity contribution is 5.15. The van der Waals surface area contributed by atoms with Crippen LogP contribution in [-0.4, -0.2) is 11.1 Å². The van der Waals surface area contributed by atoms with Crippen LogP contribution in [0.2, 0.25) is 0 Å². The maximum Gasteiger partial charge on any atom is 0.0218 e. The average Bonchev–Trinajstić information content (AvgIpc) is 2.43. The van der Waals surface area contributed by atoms with E-state index < -0.39 is 0 Å². The molecule has 1 heterocycles. The molecule has 2 N–H and O–H groups in total. The highest BCUT2D eigenvalue weighted by Crippen LogP contribution is 2.38. The minimum atomic E-state index is 0.591. The predicted octanol–water partition coefficient (Wildman–Crippen LogP) is 1.87. The van der Waals surface area contributed by atoms with E-state index in [1.54, 1.807) is 0 Å². The smallest absolute Gasteiger partial charge is 0.0218 e. The third-order valence-corrected chi connectivity index (χ3v) is 3.34. The maximum atomic E-state index is 5.83. The predicted molar refractivity (Wildman–Crippen MR) is 54.5 cm³/mol. The first-order chi connectivity index (χ1) is 6.33. The van der Waals surface area contributed by atoms with Crippen LogP contribution in [0, 0.1) is 5.92 Å². The Balaban J connectivity index is 2.16. The van der Waals surface area contributed by atoms with Crippen molar-refractivity contribution in [1.29, 1.82) is 0 Å². The van der Waals surface area contributed by atoms with Crippen molar-refractivity contribution in [2.24, 2.45) is 18.7 Å². The fourth-order valence-corrected chi connectivity index (χ4v) is 2.26. The number of aromatic nitrogens is 1. The lowest BCUT2D eigenvalue weighted by atomic mass is 9.74. The van der Waals surface area contributed by atoms with Gasteiger partial charge in [-0.05, 0) is 30.9 Å². The summed E-state index contributed by atoms with van der Waals surface area (Å²) >= 11 is 0. The van der Waals surface area contributed by atoms with E-state index in [0.29, 0.717) is 5.92 Å². The lowest BCUT2D eigenvalue weighted by Gasteiger charge is -2.33. The van der Waals surface area contributed by atoms with E-state index >= 15 is 0 Å². The first kappa shape index (κ1) is 8.82. The Bertz CT molecular complexity index is 273. The Labute approximate surface area is 79.7 Å². The second kappa shape index (κ2) is 3.54. The van der Waals surface area contributed by atoms with Gasteiger partial charge in [0.05, 0.1) is 0 Å². The van der Waals surface area contributed by atoms with E-state index in [4.69, 9.17) is 5.73 Å². The summed E-state index contributed by atoms with van der Waals surface area (Å²) in [4.78, 5) is 0. The molecule has 0 radical (unpaired) electrons. The molecule has 1 unspecified atom stereocenters. The van der Waals surface area contributed by atoms with Crippen LogP contribution in [0.4, 0.5) is 0 Å². The number of aryl methyl sites for hydroxylation is 1. The largest absolute Gasteiger partial charge is 0.354 e. The summed E-state index contributed by atoms with van der Waals surface area (Å²) in [6.45, 7) is 0.794. The van der Waals surface area contributed by atoms with E-state index in [0.717, 1.165) is 12.5 Å². The Morgan fingerprint density at radius 1 is 1.62 bits per heavy atom. The van der Waals surface area contributed by atoms with Crippen LogP contribution in [0.25, 0.3) is 0 Å². The summed E-state index contributed by atoms with van der Waals surface area (Å²) in [5.41, 5.74) is 7.24. The molecular formula is C11H18N2. The normalized spacial score (nSPS) is 19.8. The molecule has 2 rings (SSSR count). The van der Waals surface area contributed by atoms with Gasteiger partial charge in [0.1, 0.15) is 0 Å². The second-order valence-electron chi connectivity index (χ2n) is 4.08. The second-order valence-corrected chi connectivity index (χ2v) is 4.08. The zero-order chi connectivity index (χ0) is 9.26. The van der Waals surface area contributed by atoms with E-state index in [1.807, 2.05) is 0 Å². The van der Waals surface area contributed by atoms with Crippen LogP contribution in [0.5, 0.6) is 0 Å². The number of nitrogens with zero attached hydrogens (tertiary/aromatic N) is 1. The molecule has 1 aliphatic carbocycles. The van der Waals surface area contributed by atoms with Crippen molar-refractivity contribution in [3.05, 3.63) is 24.0 Å². The first-order valence-corrected chi connectivity index (χ1v) is 5.14. The summed E-state index contributed by atoms with van der Waals surface area (Å²) in [5.74, 6) is 1.44. The molecule has 0 aliphatic heterocycles. The summed E-state index contributed by atoms with van der Waals surface area (Å²) in [7, 11) is 2.11. The average molecular weight is 178 g/mol. The van der Waals surface area contributed by atoms with Crippen LogP contribution in [0.15, 0.2) is 18.3 Å². The molecule has 0 aromatic carbocycles. The Kier molecular flexibility index (Phi) is 2.40. The molecule has 0 amide bonds. The summed E-state index contributed by atoms with van der Waals surface area (Å²) in [6, 6.07) is 4.31. The van der Waals surface area contributed by atoms with Gasteiger partial charge in [-0.1, -0.05) is 6.42 Å². The molecule has 13 heavy (non-hydrogen) atoms. The number of hydrogen-bond donors (Lipinski definition) is 1. The minimum absolute atomic E-state index is 0.591. The third-order valence-electron chi connectivity index (χ3n) is 3.34. The Hall–Kier alpha value is -0.760. The molecular weight excluding hydrogens is 160 g/mol. The van der Waals surface area contributed by atoms with Gasteiger partial charge in [0, 0.05) is 31.4 Å². The van der Waals surface area contributed by atoms with Gasteiger partial charge >= 0.3 is 0 Å². The van der Waals surface area contributed by atoms with Gasteiger partial charge in [-0.2, -0.15) is 0 Å². The van der Waals surface area contributed by atoms with Crippen molar-refractivity contribution < 1.29 is 0 Å². The fourth-order valence-electron chi connectivity index (χ4n) is 2.26. The molecule has 1 fully saturated rings. The van der Waals surface area contributed by atoms with Gasteiger partial charge in [-0.25, -0.2) is 0 Å². The number of nitrogens with two attached hydrogens (primary N) is 1. The zero-order valence-corrected chi connectivity index (χ0v) is 8.24. The van der Waals surface area contributed by atoms with Gasteiger partial charge in [0.15, 0.2) is 0 Å². The highest BCUT2D eigenvalue weighted by Gasteiger charge is 2.28. The number of hydrogen-bond acceptors (Lipinski definition) is 1. The Morgan fingerprint density at radius 2 is 2.38 bits per heavy atom. The van der Waals surface area contributed by atoms with Crippen LogP contribution >= 0.6 is 0 Å². The molecule has 1 aromatic heterocycles.